The second-order valence-corrected chi connectivity index (χ2v) is 6.24. The van der Waals surface area contributed by atoms with Gasteiger partial charge in [-0.15, -0.1) is 0 Å². The minimum absolute atomic E-state index is 0.0577. The smallest absolute Gasteiger partial charge is 0.292 e. The molecule has 1 N–H and O–H groups in total. The molecule has 0 atom stereocenters. The van der Waals surface area contributed by atoms with Crippen LogP contribution in [0.1, 0.15) is 29.9 Å². The van der Waals surface area contributed by atoms with Gasteiger partial charge in [0.25, 0.3) is 5.69 Å². The number of nitro groups is 1. The van der Waals surface area contributed by atoms with Gasteiger partial charge in [-0.3, -0.25) is 10.1 Å². The average Bonchev–Trinajstić information content (AvgIpc) is 2.67. The van der Waals surface area contributed by atoms with Crippen molar-refractivity contribution in [1.29, 1.82) is 0 Å². The van der Waals surface area contributed by atoms with Crippen LogP contribution in [0.5, 0.6) is 5.75 Å². The first kappa shape index (κ1) is 17.2. The zero-order valence-corrected chi connectivity index (χ0v) is 14.2. The molecule has 0 spiro atoms. The number of piperidine rings is 1. The number of aliphatic hydroxyl groups is 1. The molecule has 3 rings (SSSR count). The fraction of sp³-hybridized carbons (Fsp3) is 0.368. The summed E-state index contributed by atoms with van der Waals surface area (Å²) < 4.78 is 5.46. The lowest BCUT2D eigenvalue weighted by Gasteiger charge is -2.34. The molecule has 2 aromatic rings. The molecule has 132 valence electrons. The normalized spacial score (nSPS) is 15.2. The third-order valence-corrected chi connectivity index (χ3v) is 4.83. The van der Waals surface area contributed by atoms with Gasteiger partial charge in [0.15, 0.2) is 0 Å². The van der Waals surface area contributed by atoms with Crippen molar-refractivity contribution in [2.75, 3.05) is 25.1 Å². The van der Waals surface area contributed by atoms with Crippen LogP contribution in [0.4, 0.5) is 11.4 Å². The van der Waals surface area contributed by atoms with Crippen LogP contribution in [-0.4, -0.2) is 30.2 Å². The Hall–Kier alpha value is -2.60. The van der Waals surface area contributed by atoms with Crippen molar-refractivity contribution in [2.45, 2.75) is 25.4 Å². The third-order valence-electron chi connectivity index (χ3n) is 4.83. The Kier molecular flexibility index (Phi) is 5.19. The van der Waals surface area contributed by atoms with E-state index >= 15 is 0 Å². The van der Waals surface area contributed by atoms with Crippen molar-refractivity contribution in [3.8, 4) is 5.75 Å². The fourth-order valence-electron chi connectivity index (χ4n) is 3.52. The highest BCUT2D eigenvalue weighted by molar-refractivity contribution is 5.64. The summed E-state index contributed by atoms with van der Waals surface area (Å²) in [5, 5.41) is 20.6. The zero-order chi connectivity index (χ0) is 17.8. The van der Waals surface area contributed by atoms with Crippen LogP contribution in [0.25, 0.3) is 0 Å². The maximum absolute atomic E-state index is 11.4. The second-order valence-electron chi connectivity index (χ2n) is 6.24. The van der Waals surface area contributed by atoms with Crippen LogP contribution in [0.3, 0.4) is 0 Å². The molecular formula is C19H22N2O4. The maximum Gasteiger partial charge on any atom is 0.292 e. The lowest BCUT2D eigenvalue weighted by atomic mass is 9.88. The highest BCUT2D eigenvalue weighted by Gasteiger charge is 2.27. The van der Waals surface area contributed by atoms with Crippen molar-refractivity contribution in [1.82, 2.24) is 0 Å². The highest BCUT2D eigenvalue weighted by atomic mass is 16.6. The molecule has 25 heavy (non-hydrogen) atoms. The Labute approximate surface area is 146 Å². The van der Waals surface area contributed by atoms with Gasteiger partial charge in [0, 0.05) is 19.2 Å². The number of aliphatic hydroxyl groups excluding tert-OH is 1. The SMILES string of the molecule is COc1ccccc1C1CCN(c2ccc(CO)cc2[N+](=O)[O-])CC1. The van der Waals surface area contributed by atoms with Crippen molar-refractivity contribution >= 4 is 11.4 Å². The number of anilines is 1. The summed E-state index contributed by atoms with van der Waals surface area (Å²) >= 11 is 0. The largest absolute Gasteiger partial charge is 0.496 e. The first-order chi connectivity index (χ1) is 12.1. The van der Waals surface area contributed by atoms with Gasteiger partial charge in [0.05, 0.1) is 18.6 Å². The molecule has 0 unspecified atom stereocenters. The monoisotopic (exact) mass is 342 g/mol. The molecule has 0 amide bonds. The molecule has 1 saturated heterocycles. The lowest BCUT2D eigenvalue weighted by molar-refractivity contribution is -0.384. The van der Waals surface area contributed by atoms with E-state index in [1.165, 1.54) is 11.6 Å². The van der Waals surface area contributed by atoms with Crippen LogP contribution >= 0.6 is 0 Å². The van der Waals surface area contributed by atoms with E-state index in [0.29, 0.717) is 17.2 Å². The molecule has 0 aliphatic carbocycles. The minimum atomic E-state index is -0.374. The Morgan fingerprint density at radius 2 is 1.96 bits per heavy atom. The summed E-state index contributed by atoms with van der Waals surface area (Å²) in [6.07, 6.45) is 1.83. The van der Waals surface area contributed by atoms with Crippen LogP contribution in [0.15, 0.2) is 42.5 Å². The van der Waals surface area contributed by atoms with Crippen molar-refractivity contribution in [3.05, 3.63) is 63.7 Å². The van der Waals surface area contributed by atoms with E-state index in [2.05, 4.69) is 11.0 Å². The predicted octanol–water partition coefficient (Wildman–Crippen LogP) is 3.48. The molecule has 2 aromatic carbocycles. The van der Waals surface area contributed by atoms with Crippen LogP contribution in [0.2, 0.25) is 0 Å². The number of benzene rings is 2. The molecule has 1 heterocycles. The number of methoxy groups -OCH3 is 1. The summed E-state index contributed by atoms with van der Waals surface area (Å²) in [4.78, 5) is 13.1. The molecule has 0 saturated carbocycles. The number of rotatable bonds is 5. The van der Waals surface area contributed by atoms with E-state index < -0.39 is 0 Å². The molecule has 1 aliphatic heterocycles. The number of nitrogens with zero attached hydrogens (tertiary/aromatic N) is 2. The van der Waals surface area contributed by atoms with Crippen LogP contribution < -0.4 is 9.64 Å². The lowest BCUT2D eigenvalue weighted by Crippen LogP contribution is -2.33. The quantitative estimate of drug-likeness (QED) is 0.665. The highest BCUT2D eigenvalue weighted by Crippen LogP contribution is 2.37. The first-order valence-electron chi connectivity index (χ1n) is 8.40. The second kappa shape index (κ2) is 7.53. The summed E-state index contributed by atoms with van der Waals surface area (Å²) in [6.45, 7) is 1.31. The van der Waals surface area contributed by atoms with Gasteiger partial charge >= 0.3 is 0 Å². The van der Waals surface area contributed by atoms with Gasteiger partial charge in [-0.25, -0.2) is 0 Å². The van der Waals surface area contributed by atoms with E-state index in [1.54, 1.807) is 19.2 Å². The Bertz CT molecular complexity index is 755. The molecule has 0 aromatic heterocycles. The molecule has 1 aliphatic rings. The number of nitro benzene ring substituents is 1. The van der Waals surface area contributed by atoms with Gasteiger partial charge in [-0.1, -0.05) is 24.3 Å². The fourth-order valence-corrected chi connectivity index (χ4v) is 3.52. The summed E-state index contributed by atoms with van der Waals surface area (Å²) in [6, 6.07) is 13.0. The maximum atomic E-state index is 11.4. The molecule has 6 heteroatoms. The number of hydrogen-bond acceptors (Lipinski definition) is 5. The topological polar surface area (TPSA) is 75.8 Å². The summed E-state index contributed by atoms with van der Waals surface area (Å²) in [5.74, 6) is 1.29. The first-order valence-corrected chi connectivity index (χ1v) is 8.40. The standard InChI is InChI=1S/C19H22N2O4/c1-25-19-5-3-2-4-16(19)15-8-10-20(11-9-15)17-7-6-14(13-22)12-18(17)21(23)24/h2-7,12,15,22H,8-11,13H2,1H3. The van der Waals surface area contributed by atoms with Crippen molar-refractivity contribution in [2.24, 2.45) is 0 Å². The number of ether oxygens (including phenoxy) is 1. The predicted molar refractivity (Wildman–Crippen MR) is 96.2 cm³/mol. The van der Waals surface area contributed by atoms with Crippen LogP contribution in [-0.2, 0) is 6.61 Å². The van der Waals surface area contributed by atoms with Crippen molar-refractivity contribution in [3.63, 3.8) is 0 Å². The van der Waals surface area contributed by atoms with Gasteiger partial charge in [-0.2, -0.15) is 0 Å². The molecule has 1 fully saturated rings. The molecule has 0 radical (unpaired) electrons. The molecule has 0 bridgehead atoms. The number of hydrogen-bond donors (Lipinski definition) is 1. The molecule has 6 nitrogen and oxygen atoms in total. The van der Waals surface area contributed by atoms with Gasteiger partial charge < -0.3 is 14.7 Å². The third kappa shape index (κ3) is 3.58. The van der Waals surface area contributed by atoms with Crippen molar-refractivity contribution < 1.29 is 14.8 Å². The van der Waals surface area contributed by atoms with E-state index in [-0.39, 0.29) is 17.2 Å². The number of para-hydroxylation sites is 1. The van der Waals surface area contributed by atoms with E-state index in [4.69, 9.17) is 4.74 Å². The Balaban J connectivity index is 1.77. The zero-order valence-electron chi connectivity index (χ0n) is 14.2. The van der Waals surface area contributed by atoms with Crippen LogP contribution in [0, 0.1) is 10.1 Å². The Morgan fingerprint density at radius 1 is 1.24 bits per heavy atom. The van der Waals surface area contributed by atoms with E-state index in [0.717, 1.165) is 31.7 Å². The van der Waals surface area contributed by atoms with E-state index in [9.17, 15) is 15.2 Å². The Morgan fingerprint density at radius 3 is 2.60 bits per heavy atom. The van der Waals surface area contributed by atoms with E-state index in [1.807, 2.05) is 18.2 Å². The van der Waals surface area contributed by atoms with Gasteiger partial charge in [0.2, 0.25) is 0 Å². The molecular weight excluding hydrogens is 320 g/mol. The van der Waals surface area contributed by atoms with Gasteiger partial charge in [0.1, 0.15) is 11.4 Å². The minimum Gasteiger partial charge on any atom is -0.496 e. The van der Waals surface area contributed by atoms with Gasteiger partial charge in [-0.05, 0) is 42.0 Å². The average molecular weight is 342 g/mol. The summed E-state index contributed by atoms with van der Waals surface area (Å²) in [5.41, 5.74) is 2.44. The summed E-state index contributed by atoms with van der Waals surface area (Å²) in [7, 11) is 1.68.